The first-order valence-corrected chi connectivity index (χ1v) is 7.98. The maximum absolute atomic E-state index is 12.5. The molecule has 1 saturated heterocycles. The topological polar surface area (TPSA) is 70.5 Å². The minimum Gasteiger partial charge on any atom is -0.392 e. The predicted octanol–water partition coefficient (Wildman–Crippen LogP) is 1.38. The van der Waals surface area contributed by atoms with Crippen molar-refractivity contribution in [3.8, 4) is 0 Å². The van der Waals surface area contributed by atoms with E-state index in [4.69, 9.17) is 5.11 Å². The van der Waals surface area contributed by atoms with Crippen molar-refractivity contribution in [2.24, 2.45) is 5.92 Å². The van der Waals surface area contributed by atoms with Crippen molar-refractivity contribution in [1.82, 2.24) is 9.29 Å². The molecule has 0 spiro atoms. The fraction of sp³-hybridized carbons (Fsp3) is 0.615. The summed E-state index contributed by atoms with van der Waals surface area (Å²) in [6, 6.07) is 3.13. The third-order valence-electron chi connectivity index (χ3n) is 3.57. The standard InChI is InChI=1S/C13H20N2O3S/c1-10(2)12-4-3-7-15(12)19(17,18)13-6-5-11(9-16)8-14-13/h5-6,8,10,12,16H,3-4,7,9H2,1-2H3. The van der Waals surface area contributed by atoms with Crippen molar-refractivity contribution in [2.75, 3.05) is 6.54 Å². The van der Waals surface area contributed by atoms with Crippen LogP contribution in [0.2, 0.25) is 0 Å². The van der Waals surface area contributed by atoms with Gasteiger partial charge in [-0.3, -0.25) is 0 Å². The average Bonchev–Trinajstić information content (AvgIpc) is 2.89. The number of nitrogens with zero attached hydrogens (tertiary/aromatic N) is 2. The van der Waals surface area contributed by atoms with E-state index in [0.717, 1.165) is 12.8 Å². The molecular weight excluding hydrogens is 264 g/mol. The maximum Gasteiger partial charge on any atom is 0.260 e. The van der Waals surface area contributed by atoms with Crippen LogP contribution < -0.4 is 0 Å². The highest BCUT2D eigenvalue weighted by Gasteiger charge is 2.37. The molecule has 1 aliphatic heterocycles. The number of sulfonamides is 1. The summed E-state index contributed by atoms with van der Waals surface area (Å²) < 4.78 is 26.7. The summed E-state index contributed by atoms with van der Waals surface area (Å²) in [5.74, 6) is 0.300. The first kappa shape index (κ1) is 14.4. The number of aliphatic hydroxyl groups is 1. The van der Waals surface area contributed by atoms with Crippen molar-refractivity contribution in [2.45, 2.75) is 44.4 Å². The van der Waals surface area contributed by atoms with Gasteiger partial charge in [0.25, 0.3) is 10.0 Å². The van der Waals surface area contributed by atoms with Crippen LogP contribution in [0.1, 0.15) is 32.3 Å². The van der Waals surface area contributed by atoms with Crippen LogP contribution in [0.4, 0.5) is 0 Å². The van der Waals surface area contributed by atoms with Gasteiger partial charge in [0.2, 0.25) is 0 Å². The molecule has 0 amide bonds. The largest absolute Gasteiger partial charge is 0.392 e. The van der Waals surface area contributed by atoms with Crippen LogP contribution in [0.3, 0.4) is 0 Å². The van der Waals surface area contributed by atoms with Crippen LogP contribution in [0.5, 0.6) is 0 Å². The van der Waals surface area contributed by atoms with E-state index in [0.29, 0.717) is 18.0 Å². The molecule has 1 N–H and O–H groups in total. The number of pyridine rings is 1. The van der Waals surface area contributed by atoms with Crippen molar-refractivity contribution < 1.29 is 13.5 Å². The molecule has 2 rings (SSSR count). The molecule has 5 nitrogen and oxygen atoms in total. The highest BCUT2D eigenvalue weighted by Crippen LogP contribution is 2.29. The monoisotopic (exact) mass is 284 g/mol. The highest BCUT2D eigenvalue weighted by atomic mass is 32.2. The van der Waals surface area contributed by atoms with Gasteiger partial charge in [-0.15, -0.1) is 0 Å². The lowest BCUT2D eigenvalue weighted by atomic mass is 10.0. The lowest BCUT2D eigenvalue weighted by molar-refractivity contribution is 0.281. The zero-order valence-corrected chi connectivity index (χ0v) is 12.1. The van der Waals surface area contributed by atoms with Gasteiger partial charge in [0, 0.05) is 18.8 Å². The number of aliphatic hydroxyl groups excluding tert-OH is 1. The minimum atomic E-state index is -3.52. The summed E-state index contributed by atoms with van der Waals surface area (Å²) in [5.41, 5.74) is 0.612. The molecule has 1 aromatic heterocycles. The van der Waals surface area contributed by atoms with Gasteiger partial charge in [-0.2, -0.15) is 4.31 Å². The van der Waals surface area contributed by atoms with E-state index >= 15 is 0 Å². The molecule has 2 heterocycles. The molecular formula is C13H20N2O3S. The molecule has 1 aliphatic rings. The third kappa shape index (κ3) is 2.80. The van der Waals surface area contributed by atoms with E-state index in [2.05, 4.69) is 4.98 Å². The smallest absolute Gasteiger partial charge is 0.260 e. The van der Waals surface area contributed by atoms with Crippen LogP contribution >= 0.6 is 0 Å². The Balaban J connectivity index is 2.30. The third-order valence-corrected chi connectivity index (χ3v) is 5.41. The Morgan fingerprint density at radius 3 is 2.74 bits per heavy atom. The molecule has 19 heavy (non-hydrogen) atoms. The lowest BCUT2D eigenvalue weighted by Gasteiger charge is -2.26. The first-order valence-electron chi connectivity index (χ1n) is 6.54. The van der Waals surface area contributed by atoms with Crippen molar-refractivity contribution in [1.29, 1.82) is 0 Å². The predicted molar refractivity (Wildman–Crippen MR) is 71.9 cm³/mol. The Hall–Kier alpha value is -0.980. The Labute approximate surface area is 114 Å². The highest BCUT2D eigenvalue weighted by molar-refractivity contribution is 7.89. The molecule has 0 bridgehead atoms. The van der Waals surface area contributed by atoms with Gasteiger partial charge in [0.15, 0.2) is 5.03 Å². The first-order chi connectivity index (χ1) is 8.96. The van der Waals surface area contributed by atoms with E-state index in [1.54, 1.807) is 10.4 Å². The van der Waals surface area contributed by atoms with Crippen LogP contribution in [0.15, 0.2) is 23.4 Å². The molecule has 6 heteroatoms. The van der Waals surface area contributed by atoms with Gasteiger partial charge in [-0.05, 0) is 30.4 Å². The van der Waals surface area contributed by atoms with Crippen molar-refractivity contribution in [3.05, 3.63) is 23.9 Å². The lowest BCUT2D eigenvalue weighted by Crippen LogP contribution is -2.38. The maximum atomic E-state index is 12.5. The van der Waals surface area contributed by atoms with E-state index < -0.39 is 10.0 Å². The van der Waals surface area contributed by atoms with Gasteiger partial charge in [-0.25, -0.2) is 13.4 Å². The number of hydrogen-bond donors (Lipinski definition) is 1. The van der Waals surface area contributed by atoms with Crippen molar-refractivity contribution in [3.63, 3.8) is 0 Å². The van der Waals surface area contributed by atoms with Gasteiger partial charge < -0.3 is 5.11 Å². The Morgan fingerprint density at radius 1 is 1.47 bits per heavy atom. The fourth-order valence-corrected chi connectivity index (χ4v) is 4.25. The Kier molecular flexibility index (Phi) is 4.23. The van der Waals surface area contributed by atoms with Gasteiger partial charge in [-0.1, -0.05) is 19.9 Å². The summed E-state index contributed by atoms with van der Waals surface area (Å²) in [6.07, 6.45) is 3.22. The molecule has 106 valence electrons. The van der Waals surface area contributed by atoms with E-state index in [1.807, 2.05) is 13.8 Å². The Morgan fingerprint density at radius 2 is 2.21 bits per heavy atom. The zero-order valence-electron chi connectivity index (χ0n) is 11.3. The number of aromatic nitrogens is 1. The molecule has 0 saturated carbocycles. The summed E-state index contributed by atoms with van der Waals surface area (Å²) >= 11 is 0. The van der Waals surface area contributed by atoms with E-state index in [-0.39, 0.29) is 17.7 Å². The molecule has 1 unspecified atom stereocenters. The molecule has 0 aliphatic carbocycles. The summed E-state index contributed by atoms with van der Waals surface area (Å²) in [5, 5.41) is 9.02. The Bertz CT molecular complexity index is 525. The average molecular weight is 284 g/mol. The van der Waals surface area contributed by atoms with Gasteiger partial charge in [0.05, 0.1) is 6.61 Å². The second-order valence-corrected chi connectivity index (χ2v) is 7.07. The van der Waals surface area contributed by atoms with Gasteiger partial charge in [0.1, 0.15) is 0 Å². The normalized spacial score (nSPS) is 21.2. The molecule has 0 radical (unpaired) electrons. The molecule has 1 fully saturated rings. The van der Waals surface area contributed by atoms with Crippen molar-refractivity contribution >= 4 is 10.0 Å². The van der Waals surface area contributed by atoms with Crippen LogP contribution in [-0.2, 0) is 16.6 Å². The van der Waals surface area contributed by atoms with E-state index in [1.165, 1.54) is 12.3 Å². The van der Waals surface area contributed by atoms with Crippen LogP contribution in [0, 0.1) is 5.92 Å². The fourth-order valence-electron chi connectivity index (χ4n) is 2.51. The zero-order chi connectivity index (χ0) is 14.0. The molecule has 1 atom stereocenters. The van der Waals surface area contributed by atoms with Crippen LogP contribution in [-0.4, -0.2) is 35.4 Å². The summed E-state index contributed by atoms with van der Waals surface area (Å²) in [7, 11) is -3.52. The van der Waals surface area contributed by atoms with Crippen LogP contribution in [0.25, 0.3) is 0 Å². The molecule has 0 aromatic carbocycles. The van der Waals surface area contributed by atoms with E-state index in [9.17, 15) is 8.42 Å². The molecule has 1 aromatic rings. The van der Waals surface area contributed by atoms with Gasteiger partial charge >= 0.3 is 0 Å². The quantitative estimate of drug-likeness (QED) is 0.907. The number of rotatable bonds is 4. The SMILES string of the molecule is CC(C)C1CCCN1S(=O)(=O)c1ccc(CO)cn1. The summed E-state index contributed by atoms with van der Waals surface area (Å²) in [6.45, 7) is 4.52. The number of hydrogen-bond acceptors (Lipinski definition) is 4. The second kappa shape index (κ2) is 5.56. The summed E-state index contributed by atoms with van der Waals surface area (Å²) in [4.78, 5) is 3.97. The second-order valence-electron chi connectivity index (χ2n) is 5.23. The minimum absolute atomic E-state index is 0.0596.